The first-order valence-electron chi connectivity index (χ1n) is 8.90. The number of hydrogen-bond donors (Lipinski definition) is 1. The lowest BCUT2D eigenvalue weighted by Gasteiger charge is -2.09. The number of halogens is 2. The molecule has 0 atom stereocenters. The van der Waals surface area contributed by atoms with Crippen molar-refractivity contribution in [1.82, 2.24) is 5.16 Å². The summed E-state index contributed by atoms with van der Waals surface area (Å²) in [5, 5.41) is 5.99. The summed E-state index contributed by atoms with van der Waals surface area (Å²) in [7, 11) is 0. The lowest BCUT2D eigenvalue weighted by molar-refractivity contribution is -0.119. The van der Waals surface area contributed by atoms with E-state index in [0.29, 0.717) is 17.2 Å². The van der Waals surface area contributed by atoms with Crippen LogP contribution in [0.4, 0.5) is 14.5 Å². The van der Waals surface area contributed by atoms with Crippen LogP contribution in [0.2, 0.25) is 0 Å². The fourth-order valence-electron chi connectivity index (χ4n) is 2.57. The molecule has 30 heavy (non-hydrogen) atoms. The van der Waals surface area contributed by atoms with E-state index in [-0.39, 0.29) is 17.9 Å². The summed E-state index contributed by atoms with van der Waals surface area (Å²) < 4.78 is 42.4. The Morgan fingerprint density at radius 1 is 1.13 bits per heavy atom. The van der Waals surface area contributed by atoms with Gasteiger partial charge in [-0.2, -0.15) is 0 Å². The molecule has 3 rings (SSSR count). The Hall–Kier alpha value is -3.75. The van der Waals surface area contributed by atoms with Gasteiger partial charge in [0.25, 0.3) is 5.91 Å². The van der Waals surface area contributed by atoms with Gasteiger partial charge in [0, 0.05) is 6.07 Å². The molecular weight excluding hydrogens is 398 g/mol. The summed E-state index contributed by atoms with van der Waals surface area (Å²) in [6.07, 6.45) is 0. The van der Waals surface area contributed by atoms with Crippen molar-refractivity contribution in [3.8, 4) is 5.75 Å². The summed E-state index contributed by atoms with van der Waals surface area (Å²) in [6.45, 7) is 3.11. The Balaban J connectivity index is 1.56. The molecule has 0 saturated carbocycles. The zero-order valence-electron chi connectivity index (χ0n) is 16.2. The molecule has 9 heteroatoms. The molecule has 1 heterocycles. The van der Waals surface area contributed by atoms with Gasteiger partial charge >= 0.3 is 5.97 Å². The van der Waals surface area contributed by atoms with Crippen LogP contribution < -0.4 is 10.1 Å². The Kier molecular flexibility index (Phi) is 6.41. The van der Waals surface area contributed by atoms with Gasteiger partial charge in [-0.15, -0.1) is 0 Å². The number of ether oxygens (including phenoxy) is 2. The predicted molar refractivity (Wildman–Crippen MR) is 102 cm³/mol. The number of rotatable bonds is 7. The van der Waals surface area contributed by atoms with E-state index >= 15 is 0 Å². The maximum Gasteiger partial charge on any atom is 0.338 e. The molecule has 0 aliphatic heterocycles. The fraction of sp³-hybridized carbons (Fsp3) is 0.190. The van der Waals surface area contributed by atoms with E-state index in [1.54, 1.807) is 26.0 Å². The summed E-state index contributed by atoms with van der Waals surface area (Å²) in [5.74, 6) is -2.04. The minimum absolute atomic E-state index is 0.163. The molecule has 1 amide bonds. The molecule has 0 aliphatic rings. The second-order valence-electron chi connectivity index (χ2n) is 6.37. The second-order valence-corrected chi connectivity index (χ2v) is 6.37. The minimum Gasteiger partial charge on any atom is -0.489 e. The maximum atomic E-state index is 13.5. The Morgan fingerprint density at radius 2 is 1.93 bits per heavy atom. The van der Waals surface area contributed by atoms with Gasteiger partial charge in [0.2, 0.25) is 0 Å². The van der Waals surface area contributed by atoms with Crippen LogP contribution in [-0.4, -0.2) is 23.6 Å². The van der Waals surface area contributed by atoms with Crippen molar-refractivity contribution in [3.63, 3.8) is 0 Å². The zero-order chi connectivity index (χ0) is 21.7. The average Bonchev–Trinajstić information content (AvgIpc) is 3.05. The second kappa shape index (κ2) is 9.17. The van der Waals surface area contributed by atoms with Crippen LogP contribution in [0.3, 0.4) is 0 Å². The molecule has 3 aromatic rings. The molecule has 7 nitrogen and oxygen atoms in total. The molecule has 0 bridgehead atoms. The van der Waals surface area contributed by atoms with Crippen molar-refractivity contribution in [3.05, 3.63) is 76.7 Å². The van der Waals surface area contributed by atoms with Crippen molar-refractivity contribution >= 4 is 17.6 Å². The summed E-state index contributed by atoms with van der Waals surface area (Å²) >= 11 is 0. The maximum absolute atomic E-state index is 13.5. The highest BCUT2D eigenvalue weighted by Crippen LogP contribution is 2.19. The van der Waals surface area contributed by atoms with E-state index < -0.39 is 30.1 Å². The Bertz CT molecular complexity index is 1060. The molecule has 0 fully saturated rings. The van der Waals surface area contributed by atoms with E-state index in [1.807, 2.05) is 0 Å². The van der Waals surface area contributed by atoms with Crippen LogP contribution in [0.1, 0.15) is 27.4 Å². The molecule has 0 radical (unpaired) electrons. The summed E-state index contributed by atoms with van der Waals surface area (Å²) in [5.41, 5.74) is 1.34. The monoisotopic (exact) mass is 416 g/mol. The first kappa shape index (κ1) is 21.0. The van der Waals surface area contributed by atoms with Crippen LogP contribution >= 0.6 is 0 Å². The van der Waals surface area contributed by atoms with Gasteiger partial charge in [0.15, 0.2) is 6.61 Å². The first-order valence-corrected chi connectivity index (χ1v) is 8.90. The molecule has 0 saturated heterocycles. The van der Waals surface area contributed by atoms with Gasteiger partial charge in [-0.3, -0.25) is 4.79 Å². The van der Waals surface area contributed by atoms with E-state index in [4.69, 9.17) is 14.0 Å². The Morgan fingerprint density at radius 3 is 2.67 bits per heavy atom. The zero-order valence-corrected chi connectivity index (χ0v) is 16.2. The van der Waals surface area contributed by atoms with Crippen molar-refractivity contribution < 1.29 is 32.4 Å². The van der Waals surface area contributed by atoms with Gasteiger partial charge in [0.05, 0.1) is 22.5 Å². The minimum atomic E-state index is -0.807. The largest absolute Gasteiger partial charge is 0.489 e. The van der Waals surface area contributed by atoms with Crippen molar-refractivity contribution in [2.24, 2.45) is 0 Å². The highest BCUT2D eigenvalue weighted by molar-refractivity contribution is 5.95. The number of hydrogen-bond acceptors (Lipinski definition) is 6. The number of nitrogens with one attached hydrogen (secondary N) is 1. The van der Waals surface area contributed by atoms with Gasteiger partial charge in [0.1, 0.15) is 29.8 Å². The third-order valence-corrected chi connectivity index (χ3v) is 4.17. The standard InChI is InChI=1S/C21H18F2N2O5/c1-12-17(13(2)30-25-12)10-28-16-5-3-4-14(8-16)21(27)29-11-20(26)24-19-9-15(22)6-7-18(19)23/h3-9H,10-11H2,1-2H3,(H,24,26). The number of esters is 1. The molecule has 1 N–H and O–H groups in total. The van der Waals surface area contributed by atoms with E-state index in [9.17, 15) is 18.4 Å². The van der Waals surface area contributed by atoms with Crippen LogP contribution in [-0.2, 0) is 16.1 Å². The molecule has 0 spiro atoms. The van der Waals surface area contributed by atoms with E-state index in [1.165, 1.54) is 12.1 Å². The quantitative estimate of drug-likeness (QED) is 0.587. The van der Waals surface area contributed by atoms with Crippen molar-refractivity contribution in [2.75, 3.05) is 11.9 Å². The predicted octanol–water partition coefficient (Wildman–Crippen LogP) is 3.94. The first-order chi connectivity index (χ1) is 14.3. The molecule has 0 aliphatic carbocycles. The number of carbonyl (C=O) groups is 2. The number of aromatic nitrogens is 1. The molecule has 0 unspecified atom stereocenters. The molecule has 1 aromatic heterocycles. The SMILES string of the molecule is Cc1noc(C)c1COc1cccc(C(=O)OCC(=O)Nc2cc(F)ccc2F)c1. The fourth-order valence-corrected chi connectivity index (χ4v) is 2.57. The number of amides is 1. The third kappa shape index (κ3) is 5.19. The Labute approximate surface area is 170 Å². The summed E-state index contributed by atoms with van der Waals surface area (Å²) in [4.78, 5) is 24.1. The number of carbonyl (C=O) groups excluding carboxylic acids is 2. The lowest BCUT2D eigenvalue weighted by Crippen LogP contribution is -2.21. The van der Waals surface area contributed by atoms with Gasteiger partial charge < -0.3 is 19.3 Å². The number of aryl methyl sites for hydroxylation is 2. The highest BCUT2D eigenvalue weighted by atomic mass is 19.1. The van der Waals surface area contributed by atoms with Crippen molar-refractivity contribution in [1.29, 1.82) is 0 Å². The van der Waals surface area contributed by atoms with Gasteiger partial charge in [-0.05, 0) is 44.2 Å². The van der Waals surface area contributed by atoms with Gasteiger partial charge in [-0.25, -0.2) is 13.6 Å². The van der Waals surface area contributed by atoms with Crippen LogP contribution in [0.5, 0.6) is 5.75 Å². The normalized spacial score (nSPS) is 10.5. The van der Waals surface area contributed by atoms with Gasteiger partial charge in [-0.1, -0.05) is 11.2 Å². The molecular formula is C21H18F2N2O5. The number of anilines is 1. The molecule has 156 valence electrons. The number of benzene rings is 2. The summed E-state index contributed by atoms with van der Waals surface area (Å²) in [6, 6.07) is 8.85. The van der Waals surface area contributed by atoms with E-state index in [0.717, 1.165) is 23.8 Å². The third-order valence-electron chi connectivity index (χ3n) is 4.17. The van der Waals surface area contributed by atoms with Crippen LogP contribution in [0.15, 0.2) is 47.0 Å². The smallest absolute Gasteiger partial charge is 0.338 e. The van der Waals surface area contributed by atoms with Crippen LogP contribution in [0, 0.1) is 25.5 Å². The van der Waals surface area contributed by atoms with E-state index in [2.05, 4.69) is 10.5 Å². The topological polar surface area (TPSA) is 90.7 Å². The lowest BCUT2D eigenvalue weighted by atomic mass is 10.2. The average molecular weight is 416 g/mol. The molecule has 2 aromatic carbocycles. The number of nitrogens with zero attached hydrogens (tertiary/aromatic N) is 1. The van der Waals surface area contributed by atoms with Crippen LogP contribution in [0.25, 0.3) is 0 Å². The van der Waals surface area contributed by atoms with Crippen molar-refractivity contribution in [2.45, 2.75) is 20.5 Å². The highest BCUT2D eigenvalue weighted by Gasteiger charge is 2.14.